The number of benzene rings is 3. The van der Waals surface area contributed by atoms with Crippen LogP contribution in [0.5, 0.6) is 5.75 Å². The molecular weight excluding hydrogens is 350 g/mol. The average Bonchev–Trinajstić information content (AvgIpc) is 2.73. The second-order valence-corrected chi connectivity index (χ2v) is 7.39. The van der Waals surface area contributed by atoms with Crippen molar-refractivity contribution in [3.8, 4) is 5.75 Å². The lowest BCUT2D eigenvalue weighted by atomic mass is 9.99. The zero-order valence-corrected chi connectivity index (χ0v) is 16.8. The van der Waals surface area contributed by atoms with Gasteiger partial charge in [-0.05, 0) is 49.6 Å². The van der Waals surface area contributed by atoms with Crippen LogP contribution in [0.2, 0.25) is 0 Å². The van der Waals surface area contributed by atoms with Crippen LogP contribution >= 0.6 is 0 Å². The van der Waals surface area contributed by atoms with Crippen molar-refractivity contribution in [2.45, 2.75) is 19.4 Å². The zero-order chi connectivity index (χ0) is 20.3. The molecule has 0 saturated carbocycles. The van der Waals surface area contributed by atoms with Crippen LogP contribution in [0.15, 0.2) is 66.7 Å². The van der Waals surface area contributed by atoms with Crippen molar-refractivity contribution in [1.82, 2.24) is 0 Å². The summed E-state index contributed by atoms with van der Waals surface area (Å²) in [5, 5.41) is 2.10. The van der Waals surface area contributed by atoms with Crippen molar-refractivity contribution in [3.05, 3.63) is 66.7 Å². The largest absolute Gasteiger partial charge is 0.497 e. The summed E-state index contributed by atoms with van der Waals surface area (Å²) in [5.74, 6) is 0.748. The van der Waals surface area contributed by atoms with E-state index in [-0.39, 0.29) is 6.03 Å². The minimum atomic E-state index is -0.568. The van der Waals surface area contributed by atoms with Gasteiger partial charge in [0.2, 0.25) is 0 Å². The molecule has 2 amide bonds. The average molecular weight is 377 g/mol. The Bertz CT molecular complexity index is 962. The number of rotatable bonds is 5. The minimum Gasteiger partial charge on any atom is -0.497 e. The molecule has 0 unspecified atom stereocenters. The lowest BCUT2D eigenvalue weighted by Gasteiger charge is -2.40. The molecule has 0 aliphatic rings. The van der Waals surface area contributed by atoms with E-state index in [9.17, 15) is 4.79 Å². The van der Waals surface area contributed by atoms with Crippen LogP contribution < -0.4 is 20.3 Å². The lowest BCUT2D eigenvalue weighted by molar-refractivity contribution is 0.247. The molecule has 5 heteroatoms. The van der Waals surface area contributed by atoms with E-state index in [4.69, 9.17) is 10.5 Å². The molecule has 0 spiro atoms. The Hall–Kier alpha value is -3.05. The molecule has 0 fully saturated rings. The maximum Gasteiger partial charge on any atom is 0.329 e. The van der Waals surface area contributed by atoms with Gasteiger partial charge in [-0.1, -0.05) is 36.4 Å². The number of hydrogen-bond donors (Lipinski definition) is 1. The number of nitrogens with zero attached hydrogens (tertiary/aromatic N) is 2. The van der Waals surface area contributed by atoms with E-state index in [1.54, 1.807) is 24.0 Å². The summed E-state index contributed by atoms with van der Waals surface area (Å²) in [7, 11) is 3.39. The summed E-state index contributed by atoms with van der Waals surface area (Å²) in [6, 6.07) is 21.3. The first-order valence-electron chi connectivity index (χ1n) is 9.29. The fourth-order valence-corrected chi connectivity index (χ4v) is 3.25. The molecule has 3 aromatic carbocycles. The predicted octanol–water partition coefficient (Wildman–Crippen LogP) is 4.65. The fraction of sp³-hybridized carbons (Fsp3) is 0.261. The summed E-state index contributed by atoms with van der Waals surface area (Å²) >= 11 is 0. The maximum absolute atomic E-state index is 13.6. The van der Waals surface area contributed by atoms with Gasteiger partial charge in [-0.15, -0.1) is 0 Å². The van der Waals surface area contributed by atoms with Crippen LogP contribution in [-0.4, -0.2) is 32.3 Å². The van der Waals surface area contributed by atoms with Crippen LogP contribution in [-0.2, 0) is 0 Å². The summed E-state index contributed by atoms with van der Waals surface area (Å²) in [5.41, 5.74) is 7.13. The Morgan fingerprint density at radius 2 is 1.64 bits per heavy atom. The first kappa shape index (κ1) is 19.7. The van der Waals surface area contributed by atoms with Gasteiger partial charge >= 0.3 is 6.03 Å². The van der Waals surface area contributed by atoms with Crippen LogP contribution in [0.4, 0.5) is 16.2 Å². The van der Waals surface area contributed by atoms with Crippen LogP contribution in [0, 0.1) is 0 Å². The van der Waals surface area contributed by atoms with E-state index < -0.39 is 5.54 Å². The standard InChI is InChI=1S/C23H27N3O2/c1-23(2,16-24)26(21-11-7-9-17-8-5-6-10-20(17)21)22(27)25(3)18-12-14-19(28-4)15-13-18/h5-15H,16,24H2,1-4H3. The topological polar surface area (TPSA) is 58.8 Å². The number of anilines is 2. The summed E-state index contributed by atoms with van der Waals surface area (Å²) in [6.07, 6.45) is 0. The summed E-state index contributed by atoms with van der Waals surface area (Å²) in [6.45, 7) is 4.29. The van der Waals surface area contributed by atoms with Gasteiger partial charge in [0.05, 0.1) is 18.3 Å². The van der Waals surface area contributed by atoms with Gasteiger partial charge in [0, 0.05) is 24.7 Å². The normalized spacial score (nSPS) is 11.3. The Kier molecular flexibility index (Phi) is 5.56. The summed E-state index contributed by atoms with van der Waals surface area (Å²) < 4.78 is 5.22. The number of urea groups is 1. The number of ether oxygens (including phenoxy) is 1. The third-order valence-electron chi connectivity index (χ3n) is 5.05. The van der Waals surface area contributed by atoms with Gasteiger partial charge in [-0.3, -0.25) is 9.80 Å². The molecule has 0 aromatic heterocycles. The zero-order valence-electron chi connectivity index (χ0n) is 16.8. The van der Waals surface area contributed by atoms with E-state index in [0.717, 1.165) is 27.9 Å². The van der Waals surface area contributed by atoms with E-state index >= 15 is 0 Å². The Morgan fingerprint density at radius 1 is 1.00 bits per heavy atom. The highest BCUT2D eigenvalue weighted by atomic mass is 16.5. The number of amides is 2. The quantitative estimate of drug-likeness (QED) is 0.704. The highest BCUT2D eigenvalue weighted by Gasteiger charge is 2.34. The number of fused-ring (bicyclic) bond motifs is 1. The molecule has 0 aliphatic heterocycles. The van der Waals surface area contributed by atoms with Crippen LogP contribution in [0.25, 0.3) is 10.8 Å². The molecule has 3 aromatic rings. The number of methoxy groups -OCH3 is 1. The molecule has 0 heterocycles. The van der Waals surface area contributed by atoms with E-state index in [1.165, 1.54) is 0 Å². The van der Waals surface area contributed by atoms with Gasteiger partial charge in [0.25, 0.3) is 0 Å². The summed E-state index contributed by atoms with van der Waals surface area (Å²) in [4.78, 5) is 17.0. The van der Waals surface area contributed by atoms with Crippen molar-refractivity contribution in [1.29, 1.82) is 0 Å². The molecular formula is C23H27N3O2. The molecule has 5 nitrogen and oxygen atoms in total. The molecule has 2 N–H and O–H groups in total. The molecule has 146 valence electrons. The fourth-order valence-electron chi connectivity index (χ4n) is 3.25. The second kappa shape index (κ2) is 7.90. The van der Waals surface area contributed by atoms with E-state index in [2.05, 4.69) is 0 Å². The van der Waals surface area contributed by atoms with Gasteiger partial charge in [-0.25, -0.2) is 4.79 Å². The molecule has 0 aliphatic carbocycles. The van der Waals surface area contributed by atoms with Gasteiger partial charge in [-0.2, -0.15) is 0 Å². The molecule has 0 radical (unpaired) electrons. The number of nitrogens with two attached hydrogens (primary N) is 1. The monoisotopic (exact) mass is 377 g/mol. The van der Waals surface area contributed by atoms with E-state index in [0.29, 0.717) is 6.54 Å². The van der Waals surface area contributed by atoms with E-state index in [1.807, 2.05) is 80.6 Å². The van der Waals surface area contributed by atoms with Crippen LogP contribution in [0.3, 0.4) is 0 Å². The predicted molar refractivity (Wildman–Crippen MR) is 116 cm³/mol. The third-order valence-corrected chi connectivity index (χ3v) is 5.05. The third kappa shape index (κ3) is 3.66. The smallest absolute Gasteiger partial charge is 0.329 e. The number of hydrogen-bond acceptors (Lipinski definition) is 3. The first-order valence-corrected chi connectivity index (χ1v) is 9.29. The molecule has 0 bridgehead atoms. The highest BCUT2D eigenvalue weighted by molar-refractivity contribution is 6.09. The maximum atomic E-state index is 13.6. The first-order chi connectivity index (χ1) is 13.4. The Balaban J connectivity index is 2.08. The van der Waals surface area contributed by atoms with Gasteiger partial charge in [0.15, 0.2) is 0 Å². The van der Waals surface area contributed by atoms with Crippen molar-refractivity contribution in [2.24, 2.45) is 5.73 Å². The Labute approximate surface area is 166 Å². The van der Waals surface area contributed by atoms with Crippen LogP contribution in [0.1, 0.15) is 13.8 Å². The molecule has 28 heavy (non-hydrogen) atoms. The number of carbonyl (C=O) groups excluding carboxylic acids is 1. The molecule has 3 rings (SSSR count). The Morgan fingerprint density at radius 3 is 2.29 bits per heavy atom. The van der Waals surface area contributed by atoms with Crippen molar-refractivity contribution in [2.75, 3.05) is 30.5 Å². The van der Waals surface area contributed by atoms with Crippen molar-refractivity contribution in [3.63, 3.8) is 0 Å². The molecule has 0 saturated heterocycles. The SMILES string of the molecule is COc1ccc(N(C)C(=O)N(c2cccc3ccccc23)C(C)(C)CN)cc1. The van der Waals surface area contributed by atoms with Crippen molar-refractivity contribution < 1.29 is 9.53 Å². The molecule has 0 atom stereocenters. The van der Waals surface area contributed by atoms with Gasteiger partial charge in [0.1, 0.15) is 5.75 Å². The van der Waals surface area contributed by atoms with Crippen molar-refractivity contribution >= 4 is 28.2 Å². The van der Waals surface area contributed by atoms with Gasteiger partial charge < -0.3 is 10.5 Å². The lowest BCUT2D eigenvalue weighted by Crippen LogP contribution is -2.56. The number of carbonyl (C=O) groups is 1. The highest BCUT2D eigenvalue weighted by Crippen LogP contribution is 2.33. The second-order valence-electron chi connectivity index (χ2n) is 7.39. The minimum absolute atomic E-state index is 0.142.